The standard InChI is InChI=1S/C18H19F3N2O3/c1-25-14-7-8-16(26-2)15(11-14)23-17(24)9-10-22-13-5-3-12(4-6-13)18(19,20)21/h3-8,11,22H,9-10H2,1-2H3,(H,23,24). The SMILES string of the molecule is COc1ccc(OC)c(NC(=O)CCNc2ccc(C(F)(F)F)cc2)c1. The van der Waals surface area contributed by atoms with Gasteiger partial charge in [-0.1, -0.05) is 0 Å². The first-order chi connectivity index (χ1) is 12.3. The van der Waals surface area contributed by atoms with Crippen LogP contribution < -0.4 is 20.1 Å². The molecule has 0 saturated carbocycles. The smallest absolute Gasteiger partial charge is 0.416 e. The average molecular weight is 368 g/mol. The Bertz CT molecular complexity index is 746. The molecule has 2 aromatic rings. The molecule has 2 aromatic carbocycles. The Balaban J connectivity index is 1.87. The van der Waals surface area contributed by atoms with Crippen molar-refractivity contribution in [3.05, 3.63) is 48.0 Å². The Kier molecular flexibility index (Phi) is 6.32. The van der Waals surface area contributed by atoms with E-state index in [1.165, 1.54) is 26.4 Å². The molecule has 26 heavy (non-hydrogen) atoms. The molecule has 1 amide bonds. The lowest BCUT2D eigenvalue weighted by molar-refractivity contribution is -0.137. The van der Waals surface area contributed by atoms with Crippen LogP contribution in [0.15, 0.2) is 42.5 Å². The average Bonchev–Trinajstić information content (AvgIpc) is 2.61. The summed E-state index contributed by atoms with van der Waals surface area (Å²) >= 11 is 0. The maximum Gasteiger partial charge on any atom is 0.416 e. The van der Waals surface area contributed by atoms with Gasteiger partial charge in [-0.2, -0.15) is 13.2 Å². The van der Waals surface area contributed by atoms with Gasteiger partial charge in [-0.3, -0.25) is 4.79 Å². The quantitative estimate of drug-likeness (QED) is 0.770. The molecule has 2 N–H and O–H groups in total. The van der Waals surface area contributed by atoms with Gasteiger partial charge in [0.2, 0.25) is 5.91 Å². The summed E-state index contributed by atoms with van der Waals surface area (Å²) in [4.78, 5) is 12.1. The van der Waals surface area contributed by atoms with Gasteiger partial charge >= 0.3 is 6.18 Å². The monoisotopic (exact) mass is 368 g/mol. The third kappa shape index (κ3) is 5.30. The number of hydrogen-bond acceptors (Lipinski definition) is 4. The van der Waals surface area contributed by atoms with Gasteiger partial charge in [0.1, 0.15) is 11.5 Å². The molecule has 8 heteroatoms. The van der Waals surface area contributed by atoms with Crippen molar-refractivity contribution in [2.45, 2.75) is 12.6 Å². The minimum absolute atomic E-state index is 0.126. The van der Waals surface area contributed by atoms with Crippen molar-refractivity contribution in [3.63, 3.8) is 0 Å². The van der Waals surface area contributed by atoms with Crippen LogP contribution in [0.3, 0.4) is 0 Å². The summed E-state index contributed by atoms with van der Waals surface area (Å²) in [5.41, 5.74) is 0.266. The van der Waals surface area contributed by atoms with E-state index in [2.05, 4.69) is 10.6 Å². The summed E-state index contributed by atoms with van der Waals surface area (Å²) in [6, 6.07) is 9.65. The molecule has 5 nitrogen and oxygen atoms in total. The van der Waals surface area contributed by atoms with E-state index in [-0.39, 0.29) is 18.9 Å². The summed E-state index contributed by atoms with van der Waals surface area (Å²) in [5.74, 6) is 0.801. The molecule has 0 aromatic heterocycles. The summed E-state index contributed by atoms with van der Waals surface area (Å²) in [5, 5.41) is 5.63. The maximum atomic E-state index is 12.5. The van der Waals surface area contributed by atoms with E-state index in [0.29, 0.717) is 22.9 Å². The molecule has 0 atom stereocenters. The highest BCUT2D eigenvalue weighted by molar-refractivity contribution is 5.92. The highest BCUT2D eigenvalue weighted by atomic mass is 19.4. The Morgan fingerprint density at radius 2 is 1.73 bits per heavy atom. The van der Waals surface area contributed by atoms with Crippen LogP contribution >= 0.6 is 0 Å². The number of hydrogen-bond donors (Lipinski definition) is 2. The van der Waals surface area contributed by atoms with E-state index in [0.717, 1.165) is 12.1 Å². The predicted octanol–water partition coefficient (Wildman–Crippen LogP) is 4.16. The van der Waals surface area contributed by atoms with Crippen molar-refractivity contribution in [1.82, 2.24) is 0 Å². The second kappa shape index (κ2) is 8.46. The summed E-state index contributed by atoms with van der Waals surface area (Å²) in [6.45, 7) is 0.267. The van der Waals surface area contributed by atoms with E-state index >= 15 is 0 Å². The van der Waals surface area contributed by atoms with Gasteiger partial charge in [-0.05, 0) is 36.4 Å². The molecule has 0 aliphatic heterocycles. The number of halogens is 3. The molecule has 0 aliphatic carbocycles. The largest absolute Gasteiger partial charge is 0.497 e. The van der Waals surface area contributed by atoms with Crippen LogP contribution in [0.2, 0.25) is 0 Å². The Labute approximate surface area is 149 Å². The van der Waals surface area contributed by atoms with Gasteiger partial charge in [0, 0.05) is 24.7 Å². The number of alkyl halides is 3. The van der Waals surface area contributed by atoms with Crippen molar-refractivity contribution in [2.75, 3.05) is 31.4 Å². The van der Waals surface area contributed by atoms with Crippen LogP contribution in [0.4, 0.5) is 24.5 Å². The molecular formula is C18H19F3N2O3. The Hall–Kier alpha value is -2.90. The van der Waals surface area contributed by atoms with Crippen LogP contribution in [0.1, 0.15) is 12.0 Å². The minimum Gasteiger partial charge on any atom is -0.497 e. The molecule has 0 heterocycles. The predicted molar refractivity (Wildman–Crippen MR) is 92.7 cm³/mol. The molecule has 0 radical (unpaired) electrons. The fraction of sp³-hybridized carbons (Fsp3) is 0.278. The lowest BCUT2D eigenvalue weighted by Crippen LogP contribution is -2.16. The van der Waals surface area contributed by atoms with Crippen molar-refractivity contribution in [2.24, 2.45) is 0 Å². The number of carbonyl (C=O) groups is 1. The molecule has 2 rings (SSSR count). The van der Waals surface area contributed by atoms with Gasteiger partial charge < -0.3 is 20.1 Å². The van der Waals surface area contributed by atoms with Crippen LogP contribution in [0.25, 0.3) is 0 Å². The van der Waals surface area contributed by atoms with Gasteiger partial charge in [0.05, 0.1) is 25.5 Å². The van der Waals surface area contributed by atoms with E-state index in [9.17, 15) is 18.0 Å². The molecule has 0 spiro atoms. The second-order valence-electron chi connectivity index (χ2n) is 5.37. The number of rotatable bonds is 7. The van der Waals surface area contributed by atoms with Crippen molar-refractivity contribution in [3.8, 4) is 11.5 Å². The topological polar surface area (TPSA) is 59.6 Å². The minimum atomic E-state index is -4.37. The first kappa shape index (κ1) is 19.4. The van der Waals surface area contributed by atoms with Crippen LogP contribution in [0, 0.1) is 0 Å². The van der Waals surface area contributed by atoms with Gasteiger partial charge in [-0.15, -0.1) is 0 Å². The van der Waals surface area contributed by atoms with Crippen molar-refractivity contribution in [1.29, 1.82) is 0 Å². The molecule has 0 fully saturated rings. The molecule has 0 bridgehead atoms. The number of methoxy groups -OCH3 is 2. The number of carbonyl (C=O) groups excluding carboxylic acids is 1. The highest BCUT2D eigenvalue weighted by Gasteiger charge is 2.29. The fourth-order valence-electron chi connectivity index (χ4n) is 2.22. The molecule has 0 unspecified atom stereocenters. The van der Waals surface area contributed by atoms with E-state index < -0.39 is 11.7 Å². The molecule has 0 aliphatic rings. The van der Waals surface area contributed by atoms with Crippen molar-refractivity contribution < 1.29 is 27.4 Å². The fourth-order valence-corrected chi connectivity index (χ4v) is 2.22. The van der Waals surface area contributed by atoms with Gasteiger partial charge in [0.15, 0.2) is 0 Å². The van der Waals surface area contributed by atoms with Gasteiger partial charge in [0.25, 0.3) is 0 Å². The molecule has 140 valence electrons. The first-order valence-corrected chi connectivity index (χ1v) is 7.76. The summed E-state index contributed by atoms with van der Waals surface area (Å²) < 4.78 is 47.8. The molecular weight excluding hydrogens is 349 g/mol. The zero-order valence-electron chi connectivity index (χ0n) is 14.3. The lowest BCUT2D eigenvalue weighted by atomic mass is 10.2. The maximum absolute atomic E-state index is 12.5. The third-order valence-corrected chi connectivity index (χ3v) is 3.57. The zero-order chi connectivity index (χ0) is 19.2. The number of nitrogens with one attached hydrogen (secondary N) is 2. The van der Waals surface area contributed by atoms with Gasteiger partial charge in [-0.25, -0.2) is 0 Å². The van der Waals surface area contributed by atoms with Crippen LogP contribution in [-0.2, 0) is 11.0 Å². The Morgan fingerprint density at radius 1 is 1.04 bits per heavy atom. The van der Waals surface area contributed by atoms with E-state index in [4.69, 9.17) is 9.47 Å². The summed E-state index contributed by atoms with van der Waals surface area (Å²) in [7, 11) is 3.00. The summed E-state index contributed by atoms with van der Waals surface area (Å²) in [6.07, 6.45) is -4.24. The zero-order valence-corrected chi connectivity index (χ0v) is 14.3. The normalized spacial score (nSPS) is 11.0. The van der Waals surface area contributed by atoms with E-state index in [1.807, 2.05) is 0 Å². The number of ether oxygens (including phenoxy) is 2. The van der Waals surface area contributed by atoms with Crippen LogP contribution in [0.5, 0.6) is 11.5 Å². The second-order valence-corrected chi connectivity index (χ2v) is 5.37. The number of benzene rings is 2. The lowest BCUT2D eigenvalue weighted by Gasteiger charge is -2.12. The third-order valence-electron chi connectivity index (χ3n) is 3.57. The number of amides is 1. The highest BCUT2D eigenvalue weighted by Crippen LogP contribution is 2.30. The van der Waals surface area contributed by atoms with Crippen LogP contribution in [-0.4, -0.2) is 26.7 Å². The Morgan fingerprint density at radius 3 is 2.31 bits per heavy atom. The number of anilines is 2. The first-order valence-electron chi connectivity index (χ1n) is 7.76. The van der Waals surface area contributed by atoms with E-state index in [1.54, 1.807) is 18.2 Å². The van der Waals surface area contributed by atoms with Crippen molar-refractivity contribution >= 4 is 17.3 Å². The molecule has 0 saturated heterocycles.